The number of fused-ring (bicyclic) bond motifs is 3. The molecule has 0 bridgehead atoms. The molecule has 13 heteroatoms. The number of aliphatic carboxylic acids is 1. The number of allylic oxidation sites excluding steroid dienone is 1. The standard InChI is InChI=1S/C23H32N6O2.C2HF3O2/c1-2-16-13-17(31-23(30)24-9-12-28-10-4-3-5-11-28)14-18(16)22-27-26-21-15-25-19-7-6-8-20(19)29(21)22;3-2(4,5)1(6)7/h6,8,15-18H,2-5,7,9-14H2,1H3,(H,24,30);(H,6,7)/t16-,17+,18+;/m1./s1. The number of halogens is 3. The van der Waals surface area contributed by atoms with Crippen LogP contribution in [0.1, 0.15) is 68.6 Å². The Morgan fingerprint density at radius 1 is 1.18 bits per heavy atom. The number of likely N-dealkylation sites (tertiary alicyclic amines) is 1. The zero-order valence-electron chi connectivity index (χ0n) is 21.3. The quantitative estimate of drug-likeness (QED) is 0.570. The second-order valence-electron chi connectivity index (χ2n) is 9.85. The molecule has 2 aliphatic carbocycles. The normalized spacial score (nSPS) is 23.1. The summed E-state index contributed by atoms with van der Waals surface area (Å²) < 4.78 is 39.7. The molecule has 3 atom stereocenters. The van der Waals surface area contributed by atoms with Gasteiger partial charge in [-0.25, -0.2) is 9.59 Å². The highest BCUT2D eigenvalue weighted by atomic mass is 19.4. The number of carboxylic acid groups (broad SMARTS) is 1. The summed E-state index contributed by atoms with van der Waals surface area (Å²) >= 11 is 0. The number of nitrogens with one attached hydrogen (secondary N) is 1. The van der Waals surface area contributed by atoms with Crippen molar-refractivity contribution in [3.05, 3.63) is 29.5 Å². The van der Waals surface area contributed by atoms with Crippen molar-refractivity contribution in [2.45, 2.75) is 70.1 Å². The van der Waals surface area contributed by atoms with E-state index < -0.39 is 12.1 Å². The van der Waals surface area contributed by atoms with Gasteiger partial charge < -0.3 is 20.1 Å². The van der Waals surface area contributed by atoms with Crippen LogP contribution in [0.25, 0.3) is 11.7 Å². The molecular formula is C25H33F3N6O4. The van der Waals surface area contributed by atoms with E-state index in [4.69, 9.17) is 14.6 Å². The fraction of sp³-hybridized carbons (Fsp3) is 0.640. The Bertz CT molecular complexity index is 1160. The number of hydrogen-bond donors (Lipinski definition) is 2. The van der Waals surface area contributed by atoms with Gasteiger partial charge in [-0.05, 0) is 50.8 Å². The van der Waals surface area contributed by atoms with Crippen molar-refractivity contribution in [2.24, 2.45) is 5.92 Å². The highest BCUT2D eigenvalue weighted by Crippen LogP contribution is 2.42. The third-order valence-corrected chi connectivity index (χ3v) is 7.34. The molecule has 1 saturated heterocycles. The second kappa shape index (κ2) is 12.1. The van der Waals surface area contributed by atoms with Gasteiger partial charge in [-0.3, -0.25) is 9.38 Å². The zero-order chi connectivity index (χ0) is 27.3. The summed E-state index contributed by atoms with van der Waals surface area (Å²) in [7, 11) is 0. The van der Waals surface area contributed by atoms with Crippen LogP contribution in [0.2, 0.25) is 0 Å². The Balaban J connectivity index is 0.000000426. The van der Waals surface area contributed by atoms with E-state index >= 15 is 0 Å². The van der Waals surface area contributed by atoms with E-state index in [1.165, 1.54) is 19.3 Å². The van der Waals surface area contributed by atoms with Gasteiger partial charge in [0, 0.05) is 25.4 Å². The number of alkyl halides is 3. The van der Waals surface area contributed by atoms with Crippen LogP contribution in [0.4, 0.5) is 18.0 Å². The maximum Gasteiger partial charge on any atom is 0.490 e. The van der Waals surface area contributed by atoms with Crippen LogP contribution in [0, 0.1) is 5.92 Å². The highest BCUT2D eigenvalue weighted by Gasteiger charge is 2.39. The van der Waals surface area contributed by atoms with Crippen LogP contribution in [0.5, 0.6) is 0 Å². The molecule has 0 spiro atoms. The smallest absolute Gasteiger partial charge is 0.475 e. The minimum Gasteiger partial charge on any atom is -0.475 e. The molecule has 5 rings (SSSR count). The lowest BCUT2D eigenvalue weighted by Gasteiger charge is -2.26. The molecule has 1 aliphatic heterocycles. The summed E-state index contributed by atoms with van der Waals surface area (Å²) in [6.45, 7) is 6.03. The number of alkyl carbamates (subject to hydrolysis) is 1. The predicted molar refractivity (Wildman–Crippen MR) is 132 cm³/mol. The molecule has 2 N–H and O–H groups in total. The van der Waals surface area contributed by atoms with Gasteiger partial charge in [0.15, 0.2) is 5.65 Å². The monoisotopic (exact) mass is 538 g/mol. The SMILES string of the molecule is CC[C@@H]1C[C@H](OC(=O)NCCN2CCCCC2)C[C@@H]1c1nnc2cnc3c(n12)C=CC3.O=C(O)C(F)(F)F. The number of rotatable bonds is 6. The number of ether oxygens (including phenoxy) is 1. The first-order valence-electron chi connectivity index (χ1n) is 13.0. The van der Waals surface area contributed by atoms with Crippen molar-refractivity contribution < 1.29 is 32.6 Å². The van der Waals surface area contributed by atoms with E-state index in [0.29, 0.717) is 12.5 Å². The Morgan fingerprint density at radius 3 is 2.61 bits per heavy atom. The molecule has 3 aliphatic rings. The summed E-state index contributed by atoms with van der Waals surface area (Å²) in [6, 6.07) is 0. The molecule has 10 nitrogen and oxygen atoms in total. The topological polar surface area (TPSA) is 122 Å². The van der Waals surface area contributed by atoms with Gasteiger partial charge in [0.05, 0.1) is 17.6 Å². The molecule has 2 fully saturated rings. The minimum atomic E-state index is -5.08. The summed E-state index contributed by atoms with van der Waals surface area (Å²) in [5.74, 6) is -1.13. The molecular weight excluding hydrogens is 505 g/mol. The van der Waals surface area contributed by atoms with Crippen LogP contribution in [0.15, 0.2) is 12.3 Å². The number of carbonyl (C=O) groups excluding carboxylic acids is 1. The van der Waals surface area contributed by atoms with Crippen molar-refractivity contribution in [1.29, 1.82) is 0 Å². The van der Waals surface area contributed by atoms with Gasteiger partial charge in [-0.2, -0.15) is 13.2 Å². The Hall–Kier alpha value is -3.22. The van der Waals surface area contributed by atoms with Gasteiger partial charge in [0.1, 0.15) is 11.9 Å². The average molecular weight is 539 g/mol. The lowest BCUT2D eigenvalue weighted by atomic mass is 9.93. The first-order valence-corrected chi connectivity index (χ1v) is 13.0. The number of aromatic nitrogens is 4. The molecule has 2 aromatic rings. The largest absolute Gasteiger partial charge is 0.490 e. The predicted octanol–water partition coefficient (Wildman–Crippen LogP) is 3.81. The van der Waals surface area contributed by atoms with Crippen LogP contribution in [-0.4, -0.2) is 80.1 Å². The summed E-state index contributed by atoms with van der Waals surface area (Å²) in [5.41, 5.74) is 2.95. The Labute approximate surface area is 218 Å². The van der Waals surface area contributed by atoms with Crippen LogP contribution in [0.3, 0.4) is 0 Å². The molecule has 1 saturated carbocycles. The van der Waals surface area contributed by atoms with Gasteiger partial charge >= 0.3 is 18.2 Å². The second-order valence-corrected chi connectivity index (χ2v) is 9.85. The average Bonchev–Trinajstić information content (AvgIpc) is 3.61. The lowest BCUT2D eigenvalue weighted by Crippen LogP contribution is -2.38. The molecule has 0 unspecified atom stereocenters. The summed E-state index contributed by atoms with van der Waals surface area (Å²) in [6.07, 6.45) is 7.99. The van der Waals surface area contributed by atoms with Crippen LogP contribution < -0.4 is 5.32 Å². The molecule has 0 aromatic carbocycles. The molecule has 2 aromatic heterocycles. The molecule has 208 valence electrons. The zero-order valence-corrected chi connectivity index (χ0v) is 21.3. The molecule has 0 radical (unpaired) electrons. The number of piperidine rings is 1. The van der Waals surface area contributed by atoms with Gasteiger partial charge in [0.2, 0.25) is 0 Å². The van der Waals surface area contributed by atoms with Crippen molar-refractivity contribution in [2.75, 3.05) is 26.2 Å². The number of hydrogen-bond acceptors (Lipinski definition) is 7. The number of nitrogens with zero attached hydrogens (tertiary/aromatic N) is 5. The van der Waals surface area contributed by atoms with Crippen LogP contribution in [-0.2, 0) is 16.0 Å². The minimum absolute atomic E-state index is 0.0808. The maximum absolute atomic E-state index is 12.4. The summed E-state index contributed by atoms with van der Waals surface area (Å²) in [5, 5.41) is 19.0. The molecule has 1 amide bonds. The van der Waals surface area contributed by atoms with E-state index in [9.17, 15) is 18.0 Å². The first-order chi connectivity index (χ1) is 18.2. The molecule has 3 heterocycles. The highest BCUT2D eigenvalue weighted by molar-refractivity contribution is 5.73. The maximum atomic E-state index is 12.4. The van der Waals surface area contributed by atoms with E-state index in [0.717, 1.165) is 68.2 Å². The number of carboxylic acids is 1. The fourth-order valence-electron chi connectivity index (χ4n) is 5.45. The van der Waals surface area contributed by atoms with Gasteiger partial charge in [-0.15, -0.1) is 10.2 Å². The Kier molecular flexibility index (Phi) is 8.85. The fourth-order valence-corrected chi connectivity index (χ4v) is 5.45. The first kappa shape index (κ1) is 27.8. The summed E-state index contributed by atoms with van der Waals surface area (Å²) in [4.78, 5) is 28.2. The third kappa shape index (κ3) is 6.61. The van der Waals surface area contributed by atoms with Crippen molar-refractivity contribution in [3.8, 4) is 0 Å². The molecule has 38 heavy (non-hydrogen) atoms. The van der Waals surface area contributed by atoms with E-state index in [1.807, 2.05) is 6.20 Å². The van der Waals surface area contributed by atoms with E-state index in [2.05, 4.69) is 48.9 Å². The van der Waals surface area contributed by atoms with Crippen LogP contribution >= 0.6 is 0 Å². The van der Waals surface area contributed by atoms with Gasteiger partial charge in [0.25, 0.3) is 0 Å². The van der Waals surface area contributed by atoms with Crippen molar-refractivity contribution >= 4 is 23.8 Å². The third-order valence-electron chi connectivity index (χ3n) is 7.34. The van der Waals surface area contributed by atoms with Crippen molar-refractivity contribution in [3.63, 3.8) is 0 Å². The Morgan fingerprint density at radius 2 is 1.92 bits per heavy atom. The van der Waals surface area contributed by atoms with Crippen molar-refractivity contribution in [1.82, 2.24) is 29.8 Å². The lowest BCUT2D eigenvalue weighted by molar-refractivity contribution is -0.192. The van der Waals surface area contributed by atoms with E-state index in [1.54, 1.807) is 0 Å². The number of amides is 1. The number of carbonyl (C=O) groups is 2. The van der Waals surface area contributed by atoms with E-state index in [-0.39, 0.29) is 18.1 Å². The van der Waals surface area contributed by atoms with Gasteiger partial charge in [-0.1, -0.05) is 25.8 Å².